The van der Waals surface area contributed by atoms with E-state index in [0.717, 1.165) is 0 Å². The molecule has 0 atom stereocenters. The zero-order chi connectivity index (χ0) is 13.0. The lowest BCUT2D eigenvalue weighted by Gasteiger charge is -2.08. The van der Waals surface area contributed by atoms with Crippen LogP contribution >= 0.6 is 15.9 Å². The number of rotatable bonds is 3. The highest BCUT2D eigenvalue weighted by Gasteiger charge is 2.07. The molecule has 0 aliphatic rings. The smallest absolute Gasteiger partial charge is 0.232 e. The largest absolute Gasteiger partial charge is 0.480 e. The summed E-state index contributed by atoms with van der Waals surface area (Å²) in [5.74, 6) is 0.805. The zero-order valence-electron chi connectivity index (χ0n) is 9.51. The van der Waals surface area contributed by atoms with Gasteiger partial charge in [0, 0.05) is 0 Å². The van der Waals surface area contributed by atoms with Crippen LogP contribution in [0.2, 0.25) is 0 Å². The summed E-state index contributed by atoms with van der Waals surface area (Å²) < 4.78 is 5.75. The van der Waals surface area contributed by atoms with Crippen molar-refractivity contribution in [1.29, 1.82) is 5.26 Å². The molecule has 6 heteroatoms. The Labute approximate surface area is 113 Å². The molecule has 5 nitrogen and oxygen atoms in total. The molecule has 0 aliphatic carbocycles. The van der Waals surface area contributed by atoms with Crippen molar-refractivity contribution in [1.82, 2.24) is 9.97 Å². The van der Waals surface area contributed by atoms with E-state index in [-0.39, 0.29) is 0 Å². The minimum absolute atomic E-state index is 0.373. The average Bonchev–Trinajstić information content (AvgIpc) is 2.41. The number of nitrogens with zero attached hydrogens (tertiary/aromatic N) is 3. The standard InChI is InChI=1S/C12H9BrN4O/c1-18-11-9(13)7-15-12(17-11)16-10-5-3-2-4-8(10)6-14/h2-5,7H,1H3,(H,15,16,17). The van der Waals surface area contributed by atoms with E-state index in [1.807, 2.05) is 6.07 Å². The molecule has 2 aromatic rings. The Morgan fingerprint density at radius 3 is 2.89 bits per heavy atom. The molecular formula is C12H9BrN4O. The Bertz CT molecular complexity index is 609. The first-order chi connectivity index (χ1) is 8.74. The molecule has 0 amide bonds. The molecule has 18 heavy (non-hydrogen) atoms. The van der Waals surface area contributed by atoms with Crippen LogP contribution in [0.4, 0.5) is 11.6 Å². The Kier molecular flexibility index (Phi) is 3.75. The number of anilines is 2. The summed E-state index contributed by atoms with van der Waals surface area (Å²) in [5.41, 5.74) is 1.19. The molecule has 1 aromatic heterocycles. The van der Waals surface area contributed by atoms with E-state index in [9.17, 15) is 0 Å². The van der Waals surface area contributed by atoms with Gasteiger partial charge in [-0.3, -0.25) is 0 Å². The van der Waals surface area contributed by atoms with E-state index < -0.39 is 0 Å². The number of methoxy groups -OCH3 is 1. The number of nitriles is 1. The number of hydrogen-bond donors (Lipinski definition) is 1. The Morgan fingerprint density at radius 2 is 2.17 bits per heavy atom. The van der Waals surface area contributed by atoms with Crippen LogP contribution in [-0.4, -0.2) is 17.1 Å². The summed E-state index contributed by atoms with van der Waals surface area (Å²) in [4.78, 5) is 8.26. The molecule has 0 bridgehead atoms. The first-order valence-corrected chi connectivity index (χ1v) is 5.86. The summed E-state index contributed by atoms with van der Waals surface area (Å²) in [6.07, 6.45) is 1.59. The summed E-state index contributed by atoms with van der Waals surface area (Å²) in [5, 5.41) is 12.0. The first-order valence-electron chi connectivity index (χ1n) is 5.07. The normalized spacial score (nSPS) is 9.61. The molecule has 0 fully saturated rings. The minimum Gasteiger partial charge on any atom is -0.480 e. The topological polar surface area (TPSA) is 70.8 Å². The number of aromatic nitrogens is 2. The van der Waals surface area contributed by atoms with E-state index >= 15 is 0 Å². The van der Waals surface area contributed by atoms with Gasteiger partial charge in [0.2, 0.25) is 11.8 Å². The van der Waals surface area contributed by atoms with Crippen molar-refractivity contribution in [2.75, 3.05) is 12.4 Å². The summed E-state index contributed by atoms with van der Waals surface area (Å²) in [6, 6.07) is 9.24. The number of ether oxygens (including phenoxy) is 1. The second-order valence-corrected chi connectivity index (χ2v) is 4.19. The van der Waals surface area contributed by atoms with E-state index in [4.69, 9.17) is 10.00 Å². The first kappa shape index (κ1) is 12.3. The molecule has 0 saturated carbocycles. The lowest BCUT2D eigenvalue weighted by molar-refractivity contribution is 0.394. The Balaban J connectivity index is 2.32. The highest BCUT2D eigenvalue weighted by Crippen LogP contribution is 2.24. The van der Waals surface area contributed by atoms with E-state index in [1.165, 1.54) is 7.11 Å². The van der Waals surface area contributed by atoms with Gasteiger partial charge in [0.25, 0.3) is 0 Å². The molecule has 0 spiro atoms. The third-order valence-corrected chi connectivity index (χ3v) is 2.74. The number of nitrogens with one attached hydrogen (secondary N) is 1. The lowest BCUT2D eigenvalue weighted by Crippen LogP contribution is -2.00. The quantitative estimate of drug-likeness (QED) is 0.944. The van der Waals surface area contributed by atoms with Gasteiger partial charge in [-0.15, -0.1) is 0 Å². The van der Waals surface area contributed by atoms with Gasteiger partial charge < -0.3 is 10.1 Å². The second-order valence-electron chi connectivity index (χ2n) is 3.33. The molecular weight excluding hydrogens is 296 g/mol. The second kappa shape index (κ2) is 5.47. The van der Waals surface area contributed by atoms with Crippen molar-refractivity contribution in [3.63, 3.8) is 0 Å². The molecule has 0 aliphatic heterocycles. The maximum atomic E-state index is 8.98. The SMILES string of the molecule is COc1nc(Nc2ccccc2C#N)ncc1Br. The van der Waals surface area contributed by atoms with Gasteiger partial charge in [0.05, 0.1) is 29.0 Å². The predicted octanol–water partition coefficient (Wildman–Crippen LogP) is 2.86. The highest BCUT2D eigenvalue weighted by molar-refractivity contribution is 9.10. The van der Waals surface area contributed by atoms with Gasteiger partial charge in [-0.05, 0) is 28.1 Å². The van der Waals surface area contributed by atoms with Crippen molar-refractivity contribution >= 4 is 27.6 Å². The molecule has 2 rings (SSSR count). The summed E-state index contributed by atoms with van der Waals surface area (Å²) in [6.45, 7) is 0. The molecule has 1 aromatic carbocycles. The van der Waals surface area contributed by atoms with Crippen LogP contribution in [-0.2, 0) is 0 Å². The van der Waals surface area contributed by atoms with Crippen LogP contribution in [0.15, 0.2) is 34.9 Å². The third kappa shape index (κ3) is 2.57. The minimum atomic E-state index is 0.373. The van der Waals surface area contributed by atoms with E-state index in [1.54, 1.807) is 24.4 Å². The maximum Gasteiger partial charge on any atom is 0.232 e. The van der Waals surface area contributed by atoms with Crippen LogP contribution in [0.5, 0.6) is 5.88 Å². The van der Waals surface area contributed by atoms with Crippen LogP contribution in [0, 0.1) is 11.3 Å². The van der Waals surface area contributed by atoms with E-state index in [0.29, 0.717) is 27.6 Å². The van der Waals surface area contributed by atoms with Gasteiger partial charge in [0.15, 0.2) is 0 Å². The fraction of sp³-hybridized carbons (Fsp3) is 0.0833. The fourth-order valence-corrected chi connectivity index (χ4v) is 1.72. The van der Waals surface area contributed by atoms with Gasteiger partial charge in [-0.2, -0.15) is 10.2 Å². The number of halogens is 1. The molecule has 1 N–H and O–H groups in total. The average molecular weight is 305 g/mol. The maximum absolute atomic E-state index is 8.98. The van der Waals surface area contributed by atoms with Crippen LogP contribution < -0.4 is 10.1 Å². The number of para-hydroxylation sites is 1. The third-order valence-electron chi connectivity index (χ3n) is 2.20. The van der Waals surface area contributed by atoms with Crippen LogP contribution in [0.3, 0.4) is 0 Å². The van der Waals surface area contributed by atoms with Gasteiger partial charge >= 0.3 is 0 Å². The number of hydrogen-bond acceptors (Lipinski definition) is 5. The number of benzene rings is 1. The molecule has 0 radical (unpaired) electrons. The summed E-state index contributed by atoms with van der Waals surface area (Å²) >= 11 is 3.27. The van der Waals surface area contributed by atoms with Gasteiger partial charge in [0.1, 0.15) is 6.07 Å². The van der Waals surface area contributed by atoms with Gasteiger partial charge in [-0.25, -0.2) is 4.98 Å². The Morgan fingerprint density at radius 1 is 1.39 bits per heavy atom. The van der Waals surface area contributed by atoms with E-state index in [2.05, 4.69) is 37.3 Å². The summed E-state index contributed by atoms with van der Waals surface area (Å²) in [7, 11) is 1.53. The molecule has 1 heterocycles. The Hall–Kier alpha value is -2.13. The van der Waals surface area contributed by atoms with Crippen molar-refractivity contribution < 1.29 is 4.74 Å². The fourth-order valence-electron chi connectivity index (χ4n) is 1.36. The van der Waals surface area contributed by atoms with Crippen molar-refractivity contribution in [2.45, 2.75) is 0 Å². The molecule has 0 saturated heterocycles. The van der Waals surface area contributed by atoms with Gasteiger partial charge in [-0.1, -0.05) is 12.1 Å². The molecule has 90 valence electrons. The predicted molar refractivity (Wildman–Crippen MR) is 70.7 cm³/mol. The van der Waals surface area contributed by atoms with Crippen molar-refractivity contribution in [2.24, 2.45) is 0 Å². The monoisotopic (exact) mass is 304 g/mol. The van der Waals surface area contributed by atoms with Crippen LogP contribution in [0.25, 0.3) is 0 Å². The zero-order valence-corrected chi connectivity index (χ0v) is 11.1. The van der Waals surface area contributed by atoms with Crippen molar-refractivity contribution in [3.05, 3.63) is 40.5 Å². The van der Waals surface area contributed by atoms with Crippen LogP contribution in [0.1, 0.15) is 5.56 Å². The highest BCUT2D eigenvalue weighted by atomic mass is 79.9. The van der Waals surface area contributed by atoms with Crippen molar-refractivity contribution in [3.8, 4) is 11.9 Å². The lowest BCUT2D eigenvalue weighted by atomic mass is 10.2. The molecule has 0 unspecified atom stereocenters.